The normalized spacial score (nSPS) is 12.4. The van der Waals surface area contributed by atoms with E-state index in [1.807, 2.05) is 0 Å². The first-order valence-electron chi connectivity index (χ1n) is 4.61. The summed E-state index contributed by atoms with van der Waals surface area (Å²) in [7, 11) is 0. The van der Waals surface area contributed by atoms with Crippen LogP contribution in [0.15, 0.2) is 4.42 Å². The molecule has 0 aromatic carbocycles. The zero-order valence-electron chi connectivity index (χ0n) is 10.4. The molecule has 2 nitrogen and oxygen atoms in total. The summed E-state index contributed by atoms with van der Waals surface area (Å²) in [5, 5.41) is 0. The summed E-state index contributed by atoms with van der Waals surface area (Å²) >= 11 is 0. The molecule has 0 aliphatic carbocycles. The van der Waals surface area contributed by atoms with E-state index < -0.39 is 0 Å². The van der Waals surface area contributed by atoms with Crippen LogP contribution in [0.3, 0.4) is 0 Å². The molecule has 0 saturated heterocycles. The Balaban J connectivity index is 0.00000169. The Morgan fingerprint density at radius 2 is 1.50 bits per heavy atom. The van der Waals surface area contributed by atoms with Crippen molar-refractivity contribution in [2.24, 2.45) is 0 Å². The Labute approximate surface area is 136 Å². The van der Waals surface area contributed by atoms with E-state index in [1.165, 1.54) is 0 Å². The maximum Gasteiger partial charge on any atom is 1.00 e. The van der Waals surface area contributed by atoms with Crippen molar-refractivity contribution in [2.75, 3.05) is 0 Å². The summed E-state index contributed by atoms with van der Waals surface area (Å²) in [6, 6.07) is 0. The number of oxazole rings is 1. The molecule has 1 aromatic heterocycles. The van der Waals surface area contributed by atoms with Crippen LogP contribution in [0.4, 0.5) is 0 Å². The van der Waals surface area contributed by atoms with Crippen LogP contribution in [0.5, 0.6) is 0 Å². The molecule has 1 aromatic rings. The molecule has 0 fully saturated rings. The number of nitrogens with zero attached hydrogens (tertiary/aromatic N) is 1. The fraction of sp³-hybridized carbons (Fsp3) is 0.727. The van der Waals surface area contributed by atoms with Crippen molar-refractivity contribution in [2.45, 2.75) is 52.4 Å². The van der Waals surface area contributed by atoms with Crippen LogP contribution in [0, 0.1) is 6.39 Å². The van der Waals surface area contributed by atoms with Gasteiger partial charge in [0.15, 0.2) is 0 Å². The molecule has 0 spiro atoms. The fourth-order valence-electron chi connectivity index (χ4n) is 1.23. The monoisotopic (exact) mass is 265 g/mol. The Morgan fingerprint density at radius 1 is 1.00 bits per heavy atom. The summed E-state index contributed by atoms with van der Waals surface area (Å²) < 4.78 is 5.32. The average Bonchev–Trinajstić information content (AvgIpc) is 2.27. The van der Waals surface area contributed by atoms with E-state index in [9.17, 15) is 0 Å². The van der Waals surface area contributed by atoms with E-state index in [-0.39, 0.29) is 69.0 Å². The number of rotatable bonds is 0. The summed E-state index contributed by atoms with van der Waals surface area (Å²) in [4.78, 5) is 4.16. The van der Waals surface area contributed by atoms with Gasteiger partial charge < -0.3 is 9.40 Å². The van der Waals surface area contributed by atoms with Crippen molar-refractivity contribution in [3.05, 3.63) is 17.8 Å². The predicted octanol–water partition coefficient (Wildman–Crippen LogP) is 0.0738. The standard InChI is InChI=1S/C11H18NO.Rb/c1-10(2,3)8-9(11(4,5)6)13-7-12-8;/h1-6H3;/q-1;+1. The third kappa shape index (κ3) is 3.55. The molecule has 74 valence electrons. The first-order chi connectivity index (χ1) is 5.73. The van der Waals surface area contributed by atoms with Crippen molar-refractivity contribution in [1.29, 1.82) is 0 Å². The van der Waals surface area contributed by atoms with Crippen molar-refractivity contribution >= 4 is 0 Å². The largest absolute Gasteiger partial charge is 1.00 e. The molecule has 14 heavy (non-hydrogen) atoms. The second-order valence-electron chi connectivity index (χ2n) is 5.48. The van der Waals surface area contributed by atoms with Gasteiger partial charge in [-0.2, -0.15) is 0 Å². The van der Waals surface area contributed by atoms with Crippen LogP contribution >= 0.6 is 0 Å². The van der Waals surface area contributed by atoms with Gasteiger partial charge >= 0.3 is 58.2 Å². The summed E-state index contributed by atoms with van der Waals surface area (Å²) in [5.74, 6) is 0.944. The van der Waals surface area contributed by atoms with Crippen LogP contribution in [0.25, 0.3) is 0 Å². The molecule has 0 aliphatic rings. The van der Waals surface area contributed by atoms with Gasteiger partial charge in [-0.05, 0) is 16.6 Å². The number of aromatic nitrogens is 1. The van der Waals surface area contributed by atoms with Gasteiger partial charge in [-0.15, -0.1) is 0 Å². The third-order valence-corrected chi connectivity index (χ3v) is 1.91. The van der Waals surface area contributed by atoms with Crippen molar-refractivity contribution in [3.8, 4) is 0 Å². The van der Waals surface area contributed by atoms with E-state index in [1.54, 1.807) is 0 Å². The van der Waals surface area contributed by atoms with Gasteiger partial charge in [0.25, 0.3) is 0 Å². The van der Waals surface area contributed by atoms with Gasteiger partial charge in [0, 0.05) is 0 Å². The zero-order chi connectivity index (χ0) is 10.3. The maximum absolute atomic E-state index is 5.32. The second kappa shape index (κ2) is 4.90. The number of hydrogen-bond donors (Lipinski definition) is 0. The van der Waals surface area contributed by atoms with Crippen molar-refractivity contribution in [1.82, 2.24) is 4.98 Å². The SMILES string of the molecule is CC(C)(C)c1n[c-]oc1C(C)(C)C.[Rb+]. The van der Waals surface area contributed by atoms with Crippen molar-refractivity contribution in [3.63, 3.8) is 0 Å². The summed E-state index contributed by atoms with van der Waals surface area (Å²) in [5.41, 5.74) is 1.06. The van der Waals surface area contributed by atoms with E-state index >= 15 is 0 Å². The molecule has 1 rings (SSSR count). The summed E-state index contributed by atoms with van der Waals surface area (Å²) in [6.45, 7) is 12.8. The minimum atomic E-state index is 0. The molecule has 0 atom stereocenters. The van der Waals surface area contributed by atoms with Gasteiger partial charge in [0.05, 0.1) is 0 Å². The second-order valence-corrected chi connectivity index (χ2v) is 5.48. The minimum absolute atomic E-state index is 0. The molecule has 0 radical (unpaired) electrons. The van der Waals surface area contributed by atoms with Crippen LogP contribution in [0.1, 0.15) is 53.0 Å². The Morgan fingerprint density at radius 3 is 1.79 bits per heavy atom. The Bertz CT molecular complexity index is 262. The van der Waals surface area contributed by atoms with Gasteiger partial charge in [-0.3, -0.25) is 0 Å². The van der Waals surface area contributed by atoms with Gasteiger partial charge in [-0.25, -0.2) is 0 Å². The Hall–Kier alpha value is 1.02. The molecule has 0 N–H and O–H groups in total. The first kappa shape index (κ1) is 15.0. The molecule has 0 bridgehead atoms. The van der Waals surface area contributed by atoms with Crippen LogP contribution in [-0.2, 0) is 10.8 Å². The van der Waals surface area contributed by atoms with E-state index in [2.05, 4.69) is 52.9 Å². The smallest absolute Gasteiger partial charge is 0.577 e. The molecule has 3 heteroatoms. The quantitative estimate of drug-likeness (QED) is 0.621. The summed E-state index contributed by atoms with van der Waals surface area (Å²) in [6.07, 6.45) is 2.59. The van der Waals surface area contributed by atoms with E-state index in [0.29, 0.717) is 0 Å². The fourth-order valence-corrected chi connectivity index (χ4v) is 1.23. The topological polar surface area (TPSA) is 26.0 Å². The van der Waals surface area contributed by atoms with Crippen molar-refractivity contribution < 1.29 is 62.6 Å². The zero-order valence-corrected chi connectivity index (χ0v) is 15.3. The van der Waals surface area contributed by atoms with Gasteiger partial charge in [-0.1, -0.05) is 47.2 Å². The molecule has 0 aliphatic heterocycles. The third-order valence-electron chi connectivity index (χ3n) is 1.91. The first-order valence-corrected chi connectivity index (χ1v) is 4.61. The molecule has 0 amide bonds. The molecular formula is C11H18NORb. The van der Waals surface area contributed by atoms with E-state index in [4.69, 9.17) is 4.42 Å². The Kier molecular flexibility index (Phi) is 5.25. The molecular weight excluding hydrogens is 248 g/mol. The van der Waals surface area contributed by atoms with Crippen LogP contribution < -0.4 is 58.2 Å². The molecule has 1 heterocycles. The molecule has 0 unspecified atom stereocenters. The van der Waals surface area contributed by atoms with Crippen LogP contribution in [-0.4, -0.2) is 4.98 Å². The van der Waals surface area contributed by atoms with Crippen LogP contribution in [0.2, 0.25) is 0 Å². The predicted molar refractivity (Wildman–Crippen MR) is 52.7 cm³/mol. The minimum Gasteiger partial charge on any atom is -0.577 e. The van der Waals surface area contributed by atoms with Gasteiger partial charge in [0.1, 0.15) is 6.39 Å². The maximum atomic E-state index is 5.32. The van der Waals surface area contributed by atoms with E-state index in [0.717, 1.165) is 11.5 Å². The number of hydrogen-bond acceptors (Lipinski definition) is 2. The average molecular weight is 266 g/mol. The van der Waals surface area contributed by atoms with Gasteiger partial charge in [0.2, 0.25) is 0 Å². The molecule has 0 saturated carbocycles.